The highest BCUT2D eigenvalue weighted by Gasteiger charge is 2.55. The highest BCUT2D eigenvalue weighted by Crippen LogP contribution is 2.58. The van der Waals surface area contributed by atoms with Gasteiger partial charge in [0.2, 0.25) is 13.0 Å². The molecule has 0 atom stereocenters. The molecule has 1 aromatic carbocycles. The van der Waals surface area contributed by atoms with Crippen LogP contribution in [-0.4, -0.2) is 45.6 Å². The predicted octanol–water partition coefficient (Wildman–Crippen LogP) is 1.59. The fourth-order valence-electron chi connectivity index (χ4n) is 2.04. The zero-order valence-corrected chi connectivity index (χ0v) is 12.3. The van der Waals surface area contributed by atoms with Crippen LogP contribution in [0.2, 0.25) is 0 Å². The van der Waals surface area contributed by atoms with Crippen LogP contribution < -0.4 is 0 Å². The van der Waals surface area contributed by atoms with Gasteiger partial charge in [0.1, 0.15) is 6.16 Å². The van der Waals surface area contributed by atoms with E-state index >= 15 is 0 Å². The molecule has 0 heterocycles. The van der Waals surface area contributed by atoms with E-state index in [4.69, 9.17) is 0 Å². The molecule has 0 spiro atoms. The smallest absolute Gasteiger partial charge is 0.290 e. The van der Waals surface area contributed by atoms with Crippen molar-refractivity contribution in [2.75, 3.05) is 25.0 Å². The lowest BCUT2D eigenvalue weighted by Crippen LogP contribution is -2.27. The zero-order chi connectivity index (χ0) is 16.8. The number of hydrogen-bond acceptors (Lipinski definition) is 7. The number of nitro groups is 3. The summed E-state index contributed by atoms with van der Waals surface area (Å²) in [5.74, 6) is -0.556. The zero-order valence-electron chi connectivity index (χ0n) is 11.4. The SMILES string of the molecule is O=C(C[P+](C[N+](=O)[O-])(C[N+](=O)[O-])C[N+](=O)[O-])c1ccccc1. The van der Waals surface area contributed by atoms with Gasteiger partial charge in [-0.05, 0) is 0 Å². The second-order valence-electron chi connectivity index (χ2n) is 4.71. The molecule has 0 bridgehead atoms. The van der Waals surface area contributed by atoms with Gasteiger partial charge in [0.05, 0.1) is 14.8 Å². The third-order valence-corrected chi connectivity index (χ3v) is 6.27. The van der Waals surface area contributed by atoms with E-state index in [2.05, 4.69) is 0 Å². The minimum absolute atomic E-state index is 0.224. The molecule has 0 amide bonds. The number of carbonyl (C=O) groups is 1. The van der Waals surface area contributed by atoms with Gasteiger partial charge in [0.25, 0.3) is 0 Å². The first-order chi connectivity index (χ1) is 10.2. The van der Waals surface area contributed by atoms with E-state index in [0.29, 0.717) is 0 Å². The summed E-state index contributed by atoms with van der Waals surface area (Å²) in [6.45, 7) is 0. The van der Waals surface area contributed by atoms with Crippen LogP contribution in [0.4, 0.5) is 0 Å². The van der Waals surface area contributed by atoms with Gasteiger partial charge >= 0.3 is 18.9 Å². The van der Waals surface area contributed by atoms with E-state index in [1.807, 2.05) is 0 Å². The summed E-state index contributed by atoms with van der Waals surface area (Å²) in [5, 5.41) is 32.3. The molecule has 1 rings (SSSR count). The number of nitrogens with zero attached hydrogens (tertiary/aromatic N) is 3. The molecule has 0 aliphatic rings. The summed E-state index contributed by atoms with van der Waals surface area (Å²) in [6.07, 6.45) is -3.26. The third-order valence-electron chi connectivity index (χ3n) is 2.82. The van der Waals surface area contributed by atoms with Gasteiger partial charge in [-0.3, -0.25) is 35.1 Å². The molecule has 22 heavy (non-hydrogen) atoms. The van der Waals surface area contributed by atoms with Gasteiger partial charge in [-0.25, -0.2) is 0 Å². The Morgan fingerprint density at radius 2 is 1.27 bits per heavy atom. The molecule has 0 aromatic heterocycles. The first-order valence-corrected chi connectivity index (χ1v) is 8.56. The Balaban J connectivity index is 3.10. The standard InChI is InChI=1S/C11H13N3O7P/c15-11(10-4-2-1-3-5-10)6-22(7-12(16)17,8-13(18)19)9-14(20)21/h1-5H,6-9H2/q+1. The monoisotopic (exact) mass is 330 g/mol. The molecular weight excluding hydrogens is 317 g/mol. The van der Waals surface area contributed by atoms with Crippen LogP contribution in [0.25, 0.3) is 0 Å². The molecule has 1 aromatic rings. The van der Waals surface area contributed by atoms with Crippen molar-refractivity contribution < 1.29 is 19.6 Å². The average Bonchev–Trinajstić information content (AvgIpc) is 2.36. The largest absolute Gasteiger partial charge is 0.313 e. The number of hydrogen-bond donors (Lipinski definition) is 0. The summed E-state index contributed by atoms with van der Waals surface area (Å²) >= 11 is 0. The number of Topliss-reactive ketones (excluding diaryl/α,β-unsaturated/α-hetero) is 1. The molecule has 0 aliphatic heterocycles. The summed E-state index contributed by atoms with van der Waals surface area (Å²) in [7, 11) is -3.33. The van der Waals surface area contributed by atoms with Crippen molar-refractivity contribution in [1.82, 2.24) is 0 Å². The molecule has 0 N–H and O–H groups in total. The first-order valence-electron chi connectivity index (χ1n) is 6.03. The van der Waals surface area contributed by atoms with Crippen molar-refractivity contribution in [3.63, 3.8) is 0 Å². The lowest BCUT2D eigenvalue weighted by Gasteiger charge is -2.14. The van der Waals surface area contributed by atoms with Crippen LogP contribution in [0.1, 0.15) is 10.4 Å². The summed E-state index contributed by atoms with van der Waals surface area (Å²) in [4.78, 5) is 42.0. The molecule has 0 fully saturated rings. The summed E-state index contributed by atoms with van der Waals surface area (Å²) < 4.78 is 0. The molecule has 0 unspecified atom stereocenters. The normalized spacial score (nSPS) is 10.9. The number of ketones is 1. The van der Waals surface area contributed by atoms with Gasteiger partial charge in [0.15, 0.2) is 0 Å². The Morgan fingerprint density at radius 3 is 1.64 bits per heavy atom. The van der Waals surface area contributed by atoms with Gasteiger partial charge < -0.3 is 0 Å². The fraction of sp³-hybridized carbons (Fsp3) is 0.364. The van der Waals surface area contributed by atoms with Gasteiger partial charge in [-0.15, -0.1) is 0 Å². The maximum absolute atomic E-state index is 12.2. The molecule has 11 heteroatoms. The van der Waals surface area contributed by atoms with Crippen LogP contribution in [-0.2, 0) is 0 Å². The van der Waals surface area contributed by atoms with E-state index in [1.54, 1.807) is 18.2 Å². The Morgan fingerprint density at radius 1 is 0.864 bits per heavy atom. The van der Waals surface area contributed by atoms with Crippen molar-refractivity contribution in [3.8, 4) is 0 Å². The topological polar surface area (TPSA) is 146 Å². The lowest BCUT2D eigenvalue weighted by atomic mass is 10.2. The van der Waals surface area contributed by atoms with Crippen LogP contribution in [0.15, 0.2) is 30.3 Å². The molecular formula is C11H13N3O7P+. The quantitative estimate of drug-likeness (QED) is 0.289. The Labute approximate surface area is 124 Å². The van der Waals surface area contributed by atoms with E-state index in [-0.39, 0.29) is 5.56 Å². The van der Waals surface area contributed by atoms with Crippen LogP contribution in [0.3, 0.4) is 0 Å². The lowest BCUT2D eigenvalue weighted by molar-refractivity contribution is -0.484. The summed E-state index contributed by atoms with van der Waals surface area (Å²) in [6, 6.07) is 7.72. The molecule has 0 saturated heterocycles. The van der Waals surface area contributed by atoms with Crippen LogP contribution in [0, 0.1) is 30.3 Å². The average molecular weight is 330 g/mol. The maximum Gasteiger partial charge on any atom is 0.313 e. The van der Waals surface area contributed by atoms with Crippen molar-refractivity contribution in [3.05, 3.63) is 66.2 Å². The molecule has 0 saturated carbocycles. The minimum Gasteiger partial charge on any atom is -0.290 e. The Kier molecular flexibility index (Phi) is 6.00. The second-order valence-corrected chi connectivity index (χ2v) is 8.56. The van der Waals surface area contributed by atoms with Gasteiger partial charge in [-0.2, -0.15) is 0 Å². The van der Waals surface area contributed by atoms with Crippen LogP contribution in [0.5, 0.6) is 0 Å². The highest BCUT2D eigenvalue weighted by atomic mass is 31.2. The Hall–Kier alpha value is -2.48. The van der Waals surface area contributed by atoms with Gasteiger partial charge in [-0.1, -0.05) is 30.3 Å². The van der Waals surface area contributed by atoms with E-state index in [9.17, 15) is 35.1 Å². The predicted molar refractivity (Wildman–Crippen MR) is 78.1 cm³/mol. The van der Waals surface area contributed by atoms with Crippen LogP contribution >= 0.6 is 7.26 Å². The first kappa shape index (κ1) is 17.6. The number of benzene rings is 1. The van der Waals surface area contributed by atoms with Crippen molar-refractivity contribution in [2.24, 2.45) is 0 Å². The van der Waals surface area contributed by atoms with E-state index in [0.717, 1.165) is 0 Å². The third kappa shape index (κ3) is 5.49. The maximum atomic E-state index is 12.2. The number of carbonyl (C=O) groups excluding carboxylic acids is 1. The molecule has 10 nitrogen and oxygen atoms in total. The molecule has 0 aliphatic carbocycles. The fourth-order valence-corrected chi connectivity index (χ4v) is 4.87. The van der Waals surface area contributed by atoms with Crippen molar-refractivity contribution in [1.29, 1.82) is 0 Å². The molecule has 0 radical (unpaired) electrons. The highest BCUT2D eigenvalue weighted by molar-refractivity contribution is 7.76. The second kappa shape index (κ2) is 7.51. The summed E-state index contributed by atoms with van der Waals surface area (Å²) in [5.41, 5.74) is 0.224. The van der Waals surface area contributed by atoms with Gasteiger partial charge in [0, 0.05) is 5.56 Å². The van der Waals surface area contributed by atoms with Crippen molar-refractivity contribution in [2.45, 2.75) is 0 Å². The van der Waals surface area contributed by atoms with E-state index < -0.39 is 52.8 Å². The van der Waals surface area contributed by atoms with E-state index in [1.165, 1.54) is 12.1 Å². The van der Waals surface area contributed by atoms with Crippen molar-refractivity contribution >= 4 is 13.0 Å². The number of rotatable bonds is 9. The Bertz CT molecular complexity index is 552. The minimum atomic E-state index is -3.33. The molecule has 118 valence electrons.